The summed E-state index contributed by atoms with van der Waals surface area (Å²) in [5.41, 5.74) is 2.39. The van der Waals surface area contributed by atoms with Crippen molar-refractivity contribution in [3.8, 4) is 0 Å². The molecule has 0 fully saturated rings. The number of methoxy groups -OCH3 is 1. The highest BCUT2D eigenvalue weighted by Gasteiger charge is 2.18. The molecule has 1 rings (SSSR count). The lowest BCUT2D eigenvalue weighted by atomic mass is 10.1. The van der Waals surface area contributed by atoms with Crippen LogP contribution in [0.2, 0.25) is 0 Å². The minimum atomic E-state index is -0.00402. The molecule has 0 saturated carbocycles. The number of aryl methyl sites for hydroxylation is 1. The van der Waals surface area contributed by atoms with Crippen molar-refractivity contribution in [2.45, 2.75) is 27.2 Å². The van der Waals surface area contributed by atoms with Gasteiger partial charge in [-0.05, 0) is 26.3 Å². The van der Waals surface area contributed by atoms with Gasteiger partial charge in [-0.15, -0.1) is 0 Å². The maximum Gasteiger partial charge on any atom is 0.257 e. The number of hydrogen-bond acceptors (Lipinski definition) is 4. The van der Waals surface area contributed by atoms with Crippen molar-refractivity contribution >= 4 is 11.6 Å². The molecule has 112 valence electrons. The highest BCUT2D eigenvalue weighted by Crippen LogP contribution is 2.18. The maximum absolute atomic E-state index is 12.6. The first kappa shape index (κ1) is 16.4. The van der Waals surface area contributed by atoms with Gasteiger partial charge >= 0.3 is 0 Å². The van der Waals surface area contributed by atoms with E-state index in [0.717, 1.165) is 24.3 Å². The molecule has 1 aromatic rings. The molecule has 0 saturated heterocycles. The van der Waals surface area contributed by atoms with E-state index < -0.39 is 0 Å². The van der Waals surface area contributed by atoms with Crippen LogP contribution in [0.25, 0.3) is 0 Å². The molecule has 0 aliphatic heterocycles. The van der Waals surface area contributed by atoms with E-state index in [9.17, 15) is 4.79 Å². The Labute approximate surface area is 121 Å². The molecule has 1 aromatic heterocycles. The Morgan fingerprint density at radius 3 is 2.80 bits per heavy atom. The molecule has 1 heterocycles. The number of nitrogens with one attached hydrogen (secondary N) is 1. The molecule has 0 radical (unpaired) electrons. The topological polar surface area (TPSA) is 54.5 Å². The number of rotatable bonds is 8. The Morgan fingerprint density at radius 1 is 1.45 bits per heavy atom. The minimum Gasteiger partial charge on any atom is -0.384 e. The van der Waals surface area contributed by atoms with Gasteiger partial charge in [0.2, 0.25) is 0 Å². The molecular weight excluding hydrogens is 254 g/mol. The van der Waals surface area contributed by atoms with Gasteiger partial charge in [-0.25, -0.2) is 0 Å². The van der Waals surface area contributed by atoms with E-state index >= 15 is 0 Å². The fourth-order valence-corrected chi connectivity index (χ4v) is 1.91. The van der Waals surface area contributed by atoms with Crippen molar-refractivity contribution in [2.24, 2.45) is 0 Å². The second-order valence-corrected chi connectivity index (χ2v) is 4.68. The average molecular weight is 279 g/mol. The quantitative estimate of drug-likeness (QED) is 0.793. The summed E-state index contributed by atoms with van der Waals surface area (Å²) in [5, 5.41) is 3.30. The molecule has 0 aliphatic rings. The molecule has 5 heteroatoms. The van der Waals surface area contributed by atoms with Crippen LogP contribution >= 0.6 is 0 Å². The van der Waals surface area contributed by atoms with Crippen molar-refractivity contribution < 1.29 is 9.53 Å². The predicted molar refractivity (Wildman–Crippen MR) is 81.2 cm³/mol. The van der Waals surface area contributed by atoms with Gasteiger partial charge in [-0.1, -0.05) is 6.92 Å². The fraction of sp³-hybridized carbons (Fsp3) is 0.600. The SMILES string of the molecule is CCCNc1cc(C)ncc1C(=O)N(CC)CCOC. The van der Waals surface area contributed by atoms with Crippen molar-refractivity contribution in [1.82, 2.24) is 9.88 Å². The van der Waals surface area contributed by atoms with E-state index in [1.54, 1.807) is 18.2 Å². The van der Waals surface area contributed by atoms with E-state index in [-0.39, 0.29) is 5.91 Å². The van der Waals surface area contributed by atoms with Crippen molar-refractivity contribution in [1.29, 1.82) is 0 Å². The smallest absolute Gasteiger partial charge is 0.257 e. The number of ether oxygens (including phenoxy) is 1. The van der Waals surface area contributed by atoms with Gasteiger partial charge in [0.1, 0.15) is 0 Å². The molecule has 0 aromatic carbocycles. The van der Waals surface area contributed by atoms with E-state index in [1.165, 1.54) is 0 Å². The highest BCUT2D eigenvalue weighted by atomic mass is 16.5. The van der Waals surface area contributed by atoms with Gasteiger partial charge in [0.15, 0.2) is 0 Å². The number of aromatic nitrogens is 1. The number of anilines is 1. The number of pyridine rings is 1. The first-order valence-corrected chi connectivity index (χ1v) is 7.12. The second kappa shape index (κ2) is 8.53. The average Bonchev–Trinajstić information content (AvgIpc) is 2.45. The van der Waals surface area contributed by atoms with Gasteiger partial charge in [0, 0.05) is 38.6 Å². The lowest BCUT2D eigenvalue weighted by Gasteiger charge is -2.22. The van der Waals surface area contributed by atoms with E-state index in [1.807, 2.05) is 19.9 Å². The Hall–Kier alpha value is -1.62. The van der Waals surface area contributed by atoms with E-state index in [0.29, 0.717) is 25.3 Å². The largest absolute Gasteiger partial charge is 0.384 e. The molecule has 1 N–H and O–H groups in total. The summed E-state index contributed by atoms with van der Waals surface area (Å²) >= 11 is 0. The number of nitrogens with zero attached hydrogens (tertiary/aromatic N) is 2. The lowest BCUT2D eigenvalue weighted by Crippen LogP contribution is -2.34. The van der Waals surface area contributed by atoms with Crippen molar-refractivity contribution in [3.05, 3.63) is 23.5 Å². The monoisotopic (exact) mass is 279 g/mol. The van der Waals surface area contributed by atoms with Gasteiger partial charge in [-0.2, -0.15) is 0 Å². The minimum absolute atomic E-state index is 0.00402. The molecular formula is C15H25N3O2. The first-order chi connectivity index (χ1) is 9.63. The summed E-state index contributed by atoms with van der Waals surface area (Å²) in [6.45, 7) is 8.61. The third-order valence-electron chi connectivity index (χ3n) is 3.07. The van der Waals surface area contributed by atoms with E-state index in [4.69, 9.17) is 4.74 Å². The molecule has 20 heavy (non-hydrogen) atoms. The third-order valence-corrected chi connectivity index (χ3v) is 3.07. The van der Waals surface area contributed by atoms with Crippen molar-refractivity contribution in [2.75, 3.05) is 38.7 Å². The Bertz CT molecular complexity index is 435. The zero-order valence-electron chi connectivity index (χ0n) is 12.9. The molecule has 0 unspecified atom stereocenters. The summed E-state index contributed by atoms with van der Waals surface area (Å²) in [5.74, 6) is -0.00402. The first-order valence-electron chi connectivity index (χ1n) is 7.12. The van der Waals surface area contributed by atoms with Crippen LogP contribution < -0.4 is 5.32 Å². The van der Waals surface area contributed by atoms with Crippen LogP contribution in [-0.4, -0.2) is 49.1 Å². The Kier molecular flexibility index (Phi) is 7.01. The molecule has 0 spiro atoms. The lowest BCUT2D eigenvalue weighted by molar-refractivity contribution is 0.0707. The summed E-state index contributed by atoms with van der Waals surface area (Å²) < 4.78 is 5.05. The standard InChI is InChI=1S/C15H25N3O2/c1-5-7-16-14-10-12(3)17-11-13(14)15(19)18(6-2)8-9-20-4/h10-11H,5-9H2,1-4H3,(H,16,17). The zero-order valence-corrected chi connectivity index (χ0v) is 12.9. The molecule has 5 nitrogen and oxygen atoms in total. The third kappa shape index (κ3) is 4.49. The van der Waals surface area contributed by atoms with Gasteiger partial charge in [0.25, 0.3) is 5.91 Å². The van der Waals surface area contributed by atoms with Crippen LogP contribution in [0.3, 0.4) is 0 Å². The molecule has 0 atom stereocenters. The fourth-order valence-electron chi connectivity index (χ4n) is 1.91. The zero-order chi connectivity index (χ0) is 15.0. The Balaban J connectivity index is 2.94. The van der Waals surface area contributed by atoms with Crippen LogP contribution in [0.5, 0.6) is 0 Å². The highest BCUT2D eigenvalue weighted by molar-refractivity contribution is 5.99. The van der Waals surface area contributed by atoms with Gasteiger partial charge < -0.3 is 15.0 Å². The predicted octanol–water partition coefficient (Wildman–Crippen LogP) is 2.32. The number of hydrogen-bond donors (Lipinski definition) is 1. The summed E-state index contributed by atoms with van der Waals surface area (Å²) in [7, 11) is 1.64. The van der Waals surface area contributed by atoms with Crippen LogP contribution in [-0.2, 0) is 4.74 Å². The van der Waals surface area contributed by atoms with Crippen LogP contribution in [0.4, 0.5) is 5.69 Å². The van der Waals surface area contributed by atoms with Gasteiger partial charge in [-0.3, -0.25) is 9.78 Å². The summed E-state index contributed by atoms with van der Waals surface area (Å²) in [4.78, 5) is 18.6. The van der Waals surface area contributed by atoms with E-state index in [2.05, 4.69) is 17.2 Å². The number of carbonyl (C=O) groups is 1. The molecule has 0 aliphatic carbocycles. The summed E-state index contributed by atoms with van der Waals surface area (Å²) in [6, 6.07) is 1.92. The normalized spacial score (nSPS) is 10.4. The Morgan fingerprint density at radius 2 is 2.20 bits per heavy atom. The molecule has 1 amide bonds. The second-order valence-electron chi connectivity index (χ2n) is 4.68. The van der Waals surface area contributed by atoms with Crippen LogP contribution in [0.15, 0.2) is 12.3 Å². The van der Waals surface area contributed by atoms with Gasteiger partial charge in [0.05, 0.1) is 17.9 Å². The van der Waals surface area contributed by atoms with Crippen molar-refractivity contribution in [3.63, 3.8) is 0 Å². The number of likely N-dealkylation sites (N-methyl/N-ethyl adjacent to an activating group) is 1. The maximum atomic E-state index is 12.6. The molecule has 0 bridgehead atoms. The van der Waals surface area contributed by atoms with Crippen LogP contribution in [0.1, 0.15) is 36.3 Å². The number of carbonyl (C=O) groups excluding carboxylic acids is 1. The number of amides is 1. The summed E-state index contributed by atoms with van der Waals surface area (Å²) in [6.07, 6.45) is 2.67. The van der Waals surface area contributed by atoms with Crippen LogP contribution in [0, 0.1) is 6.92 Å².